The lowest BCUT2D eigenvalue weighted by Gasteiger charge is -2.41. The number of carboxylic acids is 1. The highest BCUT2D eigenvalue weighted by Gasteiger charge is 2.40. The molecule has 21 heavy (non-hydrogen) atoms. The van der Waals surface area contributed by atoms with Crippen molar-refractivity contribution >= 4 is 23.6 Å². The molecule has 7 heteroatoms. The Morgan fingerprint density at radius 2 is 2.05 bits per heavy atom. The number of aliphatic carboxylic acids is 1. The van der Waals surface area contributed by atoms with Gasteiger partial charge in [-0.2, -0.15) is 0 Å². The predicted molar refractivity (Wildman–Crippen MR) is 74.1 cm³/mol. The van der Waals surface area contributed by atoms with E-state index in [0.29, 0.717) is 12.8 Å². The van der Waals surface area contributed by atoms with E-state index in [1.807, 2.05) is 0 Å². The molecule has 4 nitrogen and oxygen atoms in total. The van der Waals surface area contributed by atoms with E-state index in [4.69, 9.17) is 5.11 Å². The molecule has 1 aliphatic rings. The molecule has 0 aromatic heterocycles. The monoisotopic (exact) mass is 315 g/mol. The van der Waals surface area contributed by atoms with Gasteiger partial charge in [0.05, 0.1) is 17.7 Å². The smallest absolute Gasteiger partial charge is 0.305 e. The van der Waals surface area contributed by atoms with Crippen molar-refractivity contribution in [3.8, 4) is 0 Å². The molecule has 2 rings (SSSR count). The molecule has 1 fully saturated rings. The van der Waals surface area contributed by atoms with Gasteiger partial charge in [-0.25, -0.2) is 8.78 Å². The van der Waals surface area contributed by atoms with Crippen molar-refractivity contribution in [2.75, 3.05) is 5.75 Å². The van der Waals surface area contributed by atoms with E-state index < -0.39 is 23.1 Å². The zero-order valence-corrected chi connectivity index (χ0v) is 12.0. The van der Waals surface area contributed by atoms with Crippen LogP contribution in [0.4, 0.5) is 8.78 Å². The summed E-state index contributed by atoms with van der Waals surface area (Å²) < 4.78 is 26.2. The van der Waals surface area contributed by atoms with Crippen molar-refractivity contribution in [1.82, 2.24) is 5.32 Å². The van der Waals surface area contributed by atoms with Crippen LogP contribution in [0.3, 0.4) is 0 Å². The van der Waals surface area contributed by atoms with Gasteiger partial charge in [0.1, 0.15) is 11.6 Å². The van der Waals surface area contributed by atoms with E-state index in [1.54, 1.807) is 0 Å². The van der Waals surface area contributed by atoms with E-state index in [1.165, 1.54) is 6.07 Å². The Morgan fingerprint density at radius 1 is 1.33 bits per heavy atom. The second-order valence-corrected chi connectivity index (χ2v) is 6.13. The Morgan fingerprint density at radius 3 is 2.57 bits per heavy atom. The van der Waals surface area contributed by atoms with Crippen molar-refractivity contribution in [2.24, 2.45) is 0 Å². The van der Waals surface area contributed by atoms with Crippen molar-refractivity contribution in [3.63, 3.8) is 0 Å². The molecule has 0 heterocycles. The van der Waals surface area contributed by atoms with E-state index in [0.717, 1.165) is 30.3 Å². The Balaban J connectivity index is 1.88. The number of hydrogen-bond acceptors (Lipinski definition) is 3. The summed E-state index contributed by atoms with van der Waals surface area (Å²) >= 11 is 0.957. The molecule has 0 radical (unpaired) electrons. The van der Waals surface area contributed by atoms with Gasteiger partial charge in [-0.1, -0.05) is 0 Å². The third kappa shape index (κ3) is 4.17. The van der Waals surface area contributed by atoms with Gasteiger partial charge in [-0.15, -0.1) is 11.8 Å². The molecule has 0 atom stereocenters. The average molecular weight is 315 g/mol. The number of carbonyl (C=O) groups is 2. The molecule has 0 bridgehead atoms. The highest BCUT2D eigenvalue weighted by atomic mass is 32.2. The van der Waals surface area contributed by atoms with Crippen LogP contribution in [0.25, 0.3) is 0 Å². The fourth-order valence-corrected chi connectivity index (χ4v) is 3.03. The first-order chi connectivity index (χ1) is 9.90. The van der Waals surface area contributed by atoms with Crippen molar-refractivity contribution in [3.05, 3.63) is 29.8 Å². The van der Waals surface area contributed by atoms with Gasteiger partial charge in [0.25, 0.3) is 0 Å². The van der Waals surface area contributed by atoms with E-state index >= 15 is 0 Å². The lowest BCUT2D eigenvalue weighted by atomic mass is 9.74. The number of hydrogen-bond donors (Lipinski definition) is 2. The molecule has 0 unspecified atom stereocenters. The number of rotatable bonds is 6. The number of thioether (sulfide) groups is 1. The first-order valence-corrected chi connectivity index (χ1v) is 7.49. The second-order valence-electron chi connectivity index (χ2n) is 5.12. The minimum absolute atomic E-state index is 0.0378. The zero-order chi connectivity index (χ0) is 15.5. The third-order valence-corrected chi connectivity index (χ3v) is 4.51. The Kier molecular flexibility index (Phi) is 4.82. The van der Waals surface area contributed by atoms with E-state index in [-0.39, 0.29) is 23.0 Å². The normalized spacial score (nSPS) is 16.1. The SMILES string of the molecule is O=C(O)CC1(NC(=O)CSc2ccc(F)cc2F)CCC1. The molecule has 1 aliphatic carbocycles. The standard InChI is InChI=1S/C14H15F2NO3S/c15-9-2-3-11(10(16)6-9)21-8-12(18)17-14(4-1-5-14)7-13(19)20/h2-3,6H,1,4-5,7-8H2,(H,17,18)(H,19,20). The largest absolute Gasteiger partial charge is 0.481 e. The summed E-state index contributed by atoms with van der Waals surface area (Å²) in [5.74, 6) is -2.71. The van der Waals surface area contributed by atoms with Crippen LogP contribution >= 0.6 is 11.8 Å². The summed E-state index contributed by atoms with van der Waals surface area (Å²) in [6.07, 6.45) is 2.06. The van der Waals surface area contributed by atoms with Gasteiger partial charge in [0, 0.05) is 11.0 Å². The maximum atomic E-state index is 13.4. The molecule has 1 aromatic carbocycles. The fourth-order valence-electron chi connectivity index (χ4n) is 2.31. The van der Waals surface area contributed by atoms with Crippen LogP contribution in [0.2, 0.25) is 0 Å². The van der Waals surface area contributed by atoms with Gasteiger partial charge >= 0.3 is 5.97 Å². The molecule has 114 valence electrons. The number of carboxylic acid groups (broad SMARTS) is 1. The predicted octanol–water partition coefficient (Wildman–Crippen LogP) is 2.57. The number of amides is 1. The van der Waals surface area contributed by atoms with Crippen LogP contribution in [0, 0.1) is 11.6 Å². The lowest BCUT2D eigenvalue weighted by molar-refractivity contribution is -0.140. The van der Waals surface area contributed by atoms with Gasteiger partial charge in [0.2, 0.25) is 5.91 Å². The van der Waals surface area contributed by atoms with Crippen molar-refractivity contribution < 1.29 is 23.5 Å². The summed E-state index contributed by atoms with van der Waals surface area (Å²) in [4.78, 5) is 22.9. The van der Waals surface area contributed by atoms with Crippen LogP contribution in [0.1, 0.15) is 25.7 Å². The molecule has 1 aromatic rings. The first-order valence-electron chi connectivity index (χ1n) is 6.51. The van der Waals surface area contributed by atoms with Crippen LogP contribution in [0.5, 0.6) is 0 Å². The quantitative estimate of drug-likeness (QED) is 0.792. The van der Waals surface area contributed by atoms with Gasteiger partial charge in [-0.05, 0) is 31.4 Å². The summed E-state index contributed by atoms with van der Waals surface area (Å²) in [7, 11) is 0. The van der Waals surface area contributed by atoms with Gasteiger partial charge in [0.15, 0.2) is 0 Å². The topological polar surface area (TPSA) is 66.4 Å². The molecule has 2 N–H and O–H groups in total. The Bertz CT molecular complexity index is 561. The summed E-state index contributed by atoms with van der Waals surface area (Å²) in [5, 5.41) is 11.6. The minimum atomic E-state index is -0.952. The molecular formula is C14H15F2NO3S. The summed E-state index contributed by atoms with van der Waals surface area (Å²) in [5.41, 5.74) is -0.662. The lowest BCUT2D eigenvalue weighted by Crippen LogP contribution is -2.55. The van der Waals surface area contributed by atoms with Gasteiger partial charge < -0.3 is 10.4 Å². The highest BCUT2D eigenvalue weighted by molar-refractivity contribution is 8.00. The molecule has 0 aliphatic heterocycles. The van der Waals surface area contributed by atoms with Crippen LogP contribution < -0.4 is 5.32 Å². The number of nitrogens with one attached hydrogen (secondary N) is 1. The minimum Gasteiger partial charge on any atom is -0.481 e. The molecule has 0 spiro atoms. The maximum absolute atomic E-state index is 13.4. The highest BCUT2D eigenvalue weighted by Crippen LogP contribution is 2.35. The van der Waals surface area contributed by atoms with Crippen LogP contribution in [-0.4, -0.2) is 28.3 Å². The summed E-state index contributed by atoms with van der Waals surface area (Å²) in [6.45, 7) is 0. The fraction of sp³-hybridized carbons (Fsp3) is 0.429. The van der Waals surface area contributed by atoms with E-state index in [9.17, 15) is 18.4 Å². The van der Waals surface area contributed by atoms with Gasteiger partial charge in [-0.3, -0.25) is 9.59 Å². The number of halogens is 2. The molecule has 1 saturated carbocycles. The first kappa shape index (κ1) is 15.8. The van der Waals surface area contributed by atoms with E-state index in [2.05, 4.69) is 5.32 Å². The van der Waals surface area contributed by atoms with Crippen molar-refractivity contribution in [2.45, 2.75) is 36.1 Å². The molecule has 1 amide bonds. The molecule has 0 saturated heterocycles. The average Bonchev–Trinajstić information content (AvgIpc) is 2.34. The van der Waals surface area contributed by atoms with Crippen molar-refractivity contribution in [1.29, 1.82) is 0 Å². The Labute approximate surface area is 124 Å². The maximum Gasteiger partial charge on any atom is 0.305 e. The van der Waals surface area contributed by atoms with Crippen LogP contribution in [-0.2, 0) is 9.59 Å². The molecular weight excluding hydrogens is 300 g/mol. The third-order valence-electron chi connectivity index (χ3n) is 3.46. The number of carbonyl (C=O) groups excluding carboxylic acids is 1. The summed E-state index contributed by atoms with van der Waals surface area (Å²) in [6, 6.07) is 3.16. The Hall–Kier alpha value is -1.63. The second kappa shape index (κ2) is 6.43. The van der Waals surface area contributed by atoms with Crippen LogP contribution in [0.15, 0.2) is 23.1 Å². The number of benzene rings is 1. The zero-order valence-electron chi connectivity index (χ0n) is 11.2.